The Balaban J connectivity index is 2.02. The van der Waals surface area contributed by atoms with Crippen molar-refractivity contribution in [2.24, 2.45) is 5.73 Å². The van der Waals surface area contributed by atoms with E-state index in [0.29, 0.717) is 48.3 Å². The van der Waals surface area contributed by atoms with Crippen LogP contribution >= 0.6 is 11.8 Å². The van der Waals surface area contributed by atoms with Crippen molar-refractivity contribution in [3.05, 3.63) is 65.5 Å². The van der Waals surface area contributed by atoms with E-state index in [1.807, 2.05) is 6.92 Å². The molecule has 1 saturated carbocycles. The van der Waals surface area contributed by atoms with Gasteiger partial charge in [-0.15, -0.1) is 11.8 Å². The van der Waals surface area contributed by atoms with Crippen LogP contribution in [0, 0.1) is 5.82 Å². The lowest BCUT2D eigenvalue weighted by molar-refractivity contribution is -0.376. The first-order valence-corrected chi connectivity index (χ1v) is 10.6. The van der Waals surface area contributed by atoms with E-state index in [1.165, 1.54) is 36.0 Å². The second kappa shape index (κ2) is 8.22. The number of aliphatic hydroxyl groups is 1. The van der Waals surface area contributed by atoms with E-state index in [1.54, 1.807) is 12.1 Å². The van der Waals surface area contributed by atoms with Crippen LogP contribution < -0.4 is 5.73 Å². The quantitative estimate of drug-likeness (QED) is 0.496. The van der Waals surface area contributed by atoms with Crippen molar-refractivity contribution in [1.82, 2.24) is 0 Å². The number of hydrogen-bond donors (Lipinski definition) is 2. The summed E-state index contributed by atoms with van der Waals surface area (Å²) in [4.78, 5) is 0.707. The van der Waals surface area contributed by atoms with Crippen molar-refractivity contribution in [2.45, 2.75) is 65.7 Å². The number of thioether (sulfide) groups is 1. The van der Waals surface area contributed by atoms with Crippen molar-refractivity contribution in [3.8, 4) is 0 Å². The SMILES string of the molecule is CC1(N)CCC(Sc2ccc(F)cc2)(c2ccc(C(O)(C(F)(F)F)C(F)(F)F)cc2)CC1. The van der Waals surface area contributed by atoms with Gasteiger partial charge in [-0.3, -0.25) is 0 Å². The monoisotopic (exact) mass is 481 g/mol. The van der Waals surface area contributed by atoms with Crippen molar-refractivity contribution >= 4 is 11.8 Å². The van der Waals surface area contributed by atoms with Crippen molar-refractivity contribution in [3.63, 3.8) is 0 Å². The lowest BCUT2D eigenvalue weighted by atomic mass is 9.74. The molecule has 0 saturated heterocycles. The van der Waals surface area contributed by atoms with Gasteiger partial charge in [-0.1, -0.05) is 24.3 Å². The lowest BCUT2D eigenvalue weighted by Gasteiger charge is -2.43. The smallest absolute Gasteiger partial charge is 0.369 e. The van der Waals surface area contributed by atoms with Crippen LogP contribution in [0.15, 0.2) is 53.4 Å². The summed E-state index contributed by atoms with van der Waals surface area (Å²) in [5.74, 6) is -0.426. The Kier molecular flexibility index (Phi) is 6.38. The Morgan fingerprint density at radius 3 is 1.72 bits per heavy atom. The average molecular weight is 481 g/mol. The maximum atomic E-state index is 13.3. The van der Waals surface area contributed by atoms with E-state index in [4.69, 9.17) is 5.73 Å². The summed E-state index contributed by atoms with van der Waals surface area (Å²) in [5.41, 5.74) is 0.0151. The van der Waals surface area contributed by atoms with Gasteiger partial charge in [0.25, 0.3) is 5.60 Å². The normalized spacial score (nSPS) is 25.1. The van der Waals surface area contributed by atoms with Gasteiger partial charge >= 0.3 is 12.4 Å². The molecular formula is C22H22F7NOS. The van der Waals surface area contributed by atoms with Crippen LogP contribution in [-0.2, 0) is 10.3 Å². The highest BCUT2D eigenvalue weighted by atomic mass is 32.2. The minimum Gasteiger partial charge on any atom is -0.369 e. The van der Waals surface area contributed by atoms with Gasteiger partial charge in [0.15, 0.2) is 0 Å². The molecule has 2 aromatic rings. The molecule has 0 heterocycles. The molecule has 0 spiro atoms. The molecule has 0 aliphatic heterocycles. The number of hydrogen-bond acceptors (Lipinski definition) is 3. The van der Waals surface area contributed by atoms with Crippen LogP contribution in [-0.4, -0.2) is 23.0 Å². The fraction of sp³-hybridized carbons (Fsp3) is 0.455. The van der Waals surface area contributed by atoms with Gasteiger partial charge in [-0.2, -0.15) is 26.3 Å². The Morgan fingerprint density at radius 1 is 0.812 bits per heavy atom. The van der Waals surface area contributed by atoms with Crippen molar-refractivity contribution in [1.29, 1.82) is 0 Å². The fourth-order valence-corrected chi connectivity index (χ4v) is 5.29. The molecular weight excluding hydrogens is 459 g/mol. The molecule has 32 heavy (non-hydrogen) atoms. The Labute approximate surface area is 185 Å². The summed E-state index contributed by atoms with van der Waals surface area (Å²) in [6.45, 7) is 1.88. The lowest BCUT2D eigenvalue weighted by Crippen LogP contribution is -2.53. The standard InChI is InChI=1S/C22H22F7NOS/c1-18(30)10-12-19(13-11-18,32-17-8-6-16(23)7-9-17)14-2-4-15(5-3-14)20(31,21(24,25)26)22(27,28)29/h2-9,31H,10-13,30H2,1H3. The molecule has 0 atom stereocenters. The molecule has 0 bridgehead atoms. The molecule has 0 unspecified atom stereocenters. The topological polar surface area (TPSA) is 46.2 Å². The Morgan fingerprint density at radius 2 is 1.28 bits per heavy atom. The minimum atomic E-state index is -5.94. The molecule has 2 nitrogen and oxygen atoms in total. The summed E-state index contributed by atoms with van der Waals surface area (Å²) in [6.07, 6.45) is -9.69. The van der Waals surface area contributed by atoms with E-state index in [0.717, 1.165) is 0 Å². The zero-order valence-corrected chi connectivity index (χ0v) is 17.8. The van der Waals surface area contributed by atoms with Gasteiger partial charge < -0.3 is 10.8 Å². The van der Waals surface area contributed by atoms with E-state index < -0.39 is 39.6 Å². The molecule has 0 amide bonds. The van der Waals surface area contributed by atoms with Crippen LogP contribution in [0.3, 0.4) is 0 Å². The summed E-state index contributed by atoms with van der Waals surface area (Å²) < 4.78 is 91.8. The van der Waals surface area contributed by atoms with Crippen LogP contribution in [0.25, 0.3) is 0 Å². The molecule has 176 valence electrons. The Hall–Kier alpha value is -1.78. The van der Waals surface area contributed by atoms with Gasteiger partial charge in [0.05, 0.1) is 0 Å². The molecule has 3 rings (SSSR count). The fourth-order valence-electron chi connectivity index (χ4n) is 3.91. The van der Waals surface area contributed by atoms with E-state index in [9.17, 15) is 35.8 Å². The van der Waals surface area contributed by atoms with E-state index in [-0.39, 0.29) is 0 Å². The zero-order valence-electron chi connectivity index (χ0n) is 17.0. The average Bonchev–Trinajstić information content (AvgIpc) is 2.69. The molecule has 10 heteroatoms. The van der Waals surface area contributed by atoms with E-state index in [2.05, 4.69) is 0 Å². The van der Waals surface area contributed by atoms with Gasteiger partial charge in [-0.25, -0.2) is 4.39 Å². The van der Waals surface area contributed by atoms with Crippen LogP contribution in [0.2, 0.25) is 0 Å². The van der Waals surface area contributed by atoms with Crippen LogP contribution in [0.5, 0.6) is 0 Å². The summed E-state index contributed by atoms with van der Waals surface area (Å²) in [5, 5.41) is 9.64. The number of nitrogens with two attached hydrogens (primary N) is 1. The number of halogens is 7. The predicted molar refractivity (Wildman–Crippen MR) is 107 cm³/mol. The molecule has 0 aromatic heterocycles. The summed E-state index contributed by atoms with van der Waals surface area (Å²) in [7, 11) is 0. The summed E-state index contributed by atoms with van der Waals surface area (Å²) >= 11 is 1.37. The van der Waals surface area contributed by atoms with Gasteiger partial charge in [0, 0.05) is 20.7 Å². The van der Waals surface area contributed by atoms with E-state index >= 15 is 0 Å². The van der Waals surface area contributed by atoms with Gasteiger partial charge in [0.2, 0.25) is 0 Å². The van der Waals surface area contributed by atoms with Crippen molar-refractivity contribution in [2.75, 3.05) is 0 Å². The summed E-state index contributed by atoms with van der Waals surface area (Å²) in [6, 6.07) is 9.40. The van der Waals surface area contributed by atoms with Gasteiger partial charge in [0.1, 0.15) is 5.82 Å². The third-order valence-corrected chi connectivity index (χ3v) is 7.52. The maximum absolute atomic E-state index is 13.3. The first-order chi connectivity index (χ1) is 14.6. The second-order valence-electron chi connectivity index (χ2n) is 8.49. The highest BCUT2D eigenvalue weighted by Crippen LogP contribution is 2.54. The Bertz CT molecular complexity index is 913. The van der Waals surface area contributed by atoms with Crippen LogP contribution in [0.4, 0.5) is 30.7 Å². The molecule has 0 radical (unpaired) electrons. The van der Waals surface area contributed by atoms with Gasteiger partial charge in [-0.05, 0) is 62.4 Å². The molecule has 1 aliphatic carbocycles. The highest BCUT2D eigenvalue weighted by molar-refractivity contribution is 8.00. The second-order valence-corrected chi connectivity index (χ2v) is 9.94. The zero-order chi connectivity index (χ0) is 24.0. The molecule has 3 N–H and O–H groups in total. The third kappa shape index (κ3) is 4.63. The molecule has 1 fully saturated rings. The highest BCUT2D eigenvalue weighted by Gasteiger charge is 2.71. The molecule has 1 aliphatic rings. The third-order valence-electron chi connectivity index (χ3n) is 5.98. The number of benzene rings is 2. The predicted octanol–water partition coefficient (Wildman–Crippen LogP) is 6.42. The number of rotatable bonds is 4. The minimum absolute atomic E-state index is 0.426. The molecule has 2 aromatic carbocycles. The maximum Gasteiger partial charge on any atom is 0.430 e. The number of alkyl halides is 6. The van der Waals surface area contributed by atoms with Crippen LogP contribution in [0.1, 0.15) is 43.7 Å². The van der Waals surface area contributed by atoms with Crippen molar-refractivity contribution < 1.29 is 35.8 Å². The largest absolute Gasteiger partial charge is 0.430 e. The first-order valence-electron chi connectivity index (χ1n) is 9.80. The first kappa shape index (κ1) is 24.9.